The number of anilines is 2. The van der Waals surface area contributed by atoms with Gasteiger partial charge < -0.3 is 24.2 Å². The molecule has 1 N–H and O–H groups in total. The number of pyridine rings is 1. The van der Waals surface area contributed by atoms with Gasteiger partial charge in [0.25, 0.3) is 5.91 Å². The van der Waals surface area contributed by atoms with Gasteiger partial charge in [-0.25, -0.2) is 4.98 Å². The van der Waals surface area contributed by atoms with Crippen molar-refractivity contribution in [3.05, 3.63) is 70.9 Å². The first-order valence-electron chi connectivity index (χ1n) is 17.3. The maximum atomic E-state index is 14.3. The zero-order chi connectivity index (χ0) is 34.0. The fourth-order valence-electron chi connectivity index (χ4n) is 7.05. The second-order valence-electron chi connectivity index (χ2n) is 14.9. The number of nitrogens with zero attached hydrogens (tertiary/aromatic N) is 3. The van der Waals surface area contributed by atoms with E-state index in [0.717, 1.165) is 79.2 Å². The number of rotatable bonds is 12. The topological polar surface area (TPSA) is 101 Å². The molecule has 3 heterocycles. The first-order chi connectivity index (χ1) is 23.0. The summed E-state index contributed by atoms with van der Waals surface area (Å²) in [5, 5.41) is 9.58. The van der Waals surface area contributed by atoms with Gasteiger partial charge in [0.1, 0.15) is 11.6 Å². The van der Waals surface area contributed by atoms with E-state index in [1.54, 1.807) is 12.0 Å². The third-order valence-electron chi connectivity index (χ3n) is 9.68. The van der Waals surface area contributed by atoms with Gasteiger partial charge in [-0.3, -0.25) is 14.5 Å². The molecule has 3 aliphatic rings. The van der Waals surface area contributed by atoms with Gasteiger partial charge in [-0.15, -0.1) is 0 Å². The van der Waals surface area contributed by atoms with Gasteiger partial charge in [-0.1, -0.05) is 32.9 Å². The molecule has 1 atom stereocenters. The lowest BCUT2D eigenvalue weighted by atomic mass is 9.89. The van der Waals surface area contributed by atoms with E-state index in [1.165, 1.54) is 0 Å². The van der Waals surface area contributed by atoms with Gasteiger partial charge in [0.2, 0.25) is 0 Å². The summed E-state index contributed by atoms with van der Waals surface area (Å²) >= 11 is 0. The zero-order valence-electron chi connectivity index (χ0n) is 29.0. The van der Waals surface area contributed by atoms with Crippen LogP contribution in [0.4, 0.5) is 11.5 Å². The molecule has 3 aromatic rings. The summed E-state index contributed by atoms with van der Waals surface area (Å²) in [6.45, 7) is 11.6. The highest BCUT2D eigenvalue weighted by Gasteiger charge is 2.36. The lowest BCUT2D eigenvalue weighted by molar-refractivity contribution is -0.137. The molecule has 2 fully saturated rings. The average molecular weight is 656 g/mol. The van der Waals surface area contributed by atoms with E-state index in [9.17, 15) is 14.7 Å². The lowest BCUT2D eigenvalue weighted by Gasteiger charge is -2.36. The maximum Gasteiger partial charge on any atom is 0.303 e. The van der Waals surface area contributed by atoms with Gasteiger partial charge >= 0.3 is 5.97 Å². The van der Waals surface area contributed by atoms with Gasteiger partial charge in [0.05, 0.1) is 38.0 Å². The molecule has 0 radical (unpaired) electrons. The van der Waals surface area contributed by atoms with Crippen molar-refractivity contribution in [1.29, 1.82) is 0 Å². The van der Waals surface area contributed by atoms with Crippen LogP contribution >= 0.6 is 0 Å². The molecule has 256 valence electrons. The molecule has 1 amide bonds. The molecule has 48 heavy (non-hydrogen) atoms. The van der Waals surface area contributed by atoms with Crippen LogP contribution in [0.5, 0.6) is 17.2 Å². The number of amides is 1. The van der Waals surface area contributed by atoms with E-state index in [0.29, 0.717) is 48.7 Å². The number of carbonyl (C=O) groups excluding carboxylic acids is 1. The Hall–Kier alpha value is -4.27. The number of hydrogen-bond donors (Lipinski definition) is 1. The number of carboxylic acid groups (broad SMARTS) is 1. The fourth-order valence-corrected chi connectivity index (χ4v) is 7.05. The Balaban J connectivity index is 1.17. The number of aliphatic carboxylic acids is 1. The molecule has 1 saturated carbocycles. The number of aromatic nitrogens is 1. The van der Waals surface area contributed by atoms with E-state index < -0.39 is 5.97 Å². The van der Waals surface area contributed by atoms with E-state index in [-0.39, 0.29) is 23.7 Å². The van der Waals surface area contributed by atoms with Crippen molar-refractivity contribution < 1.29 is 28.9 Å². The lowest BCUT2D eigenvalue weighted by Crippen LogP contribution is -2.41. The molecule has 1 unspecified atom stereocenters. The molecule has 9 heteroatoms. The van der Waals surface area contributed by atoms with Crippen molar-refractivity contribution in [2.75, 3.05) is 49.8 Å². The molecular formula is C39H49N3O6. The summed E-state index contributed by atoms with van der Waals surface area (Å²) < 4.78 is 18.1. The van der Waals surface area contributed by atoms with Crippen molar-refractivity contribution in [1.82, 2.24) is 4.98 Å². The normalized spacial score (nSPS) is 17.0. The number of carbonyl (C=O) groups is 2. The second kappa shape index (κ2) is 14.1. The van der Waals surface area contributed by atoms with Crippen LogP contribution in [0.15, 0.2) is 48.5 Å². The Morgan fingerprint density at radius 3 is 2.52 bits per heavy atom. The number of carboxylic acids is 1. The summed E-state index contributed by atoms with van der Waals surface area (Å²) in [4.78, 5) is 34.8. The molecule has 1 aromatic heterocycles. The molecular weight excluding hydrogens is 606 g/mol. The predicted octanol–water partition coefficient (Wildman–Crippen LogP) is 7.29. The molecule has 0 bridgehead atoms. The van der Waals surface area contributed by atoms with Gasteiger partial charge in [0.15, 0.2) is 11.5 Å². The summed E-state index contributed by atoms with van der Waals surface area (Å²) in [6, 6.07) is 15.7. The highest BCUT2D eigenvalue weighted by molar-refractivity contribution is 6.09. The highest BCUT2D eigenvalue weighted by Crippen LogP contribution is 2.48. The minimum atomic E-state index is -0.757. The van der Waals surface area contributed by atoms with Crippen LogP contribution in [0, 0.1) is 24.2 Å². The third kappa shape index (κ3) is 7.88. The summed E-state index contributed by atoms with van der Waals surface area (Å²) in [7, 11) is 1.65. The minimum absolute atomic E-state index is 0.0137. The van der Waals surface area contributed by atoms with Crippen LogP contribution in [0.25, 0.3) is 0 Å². The summed E-state index contributed by atoms with van der Waals surface area (Å²) in [5.74, 6) is 2.85. The van der Waals surface area contributed by atoms with Gasteiger partial charge in [0, 0.05) is 43.4 Å². The number of hydrogen-bond acceptors (Lipinski definition) is 7. The maximum absolute atomic E-state index is 14.3. The number of benzene rings is 2. The Kier molecular flexibility index (Phi) is 9.85. The largest absolute Gasteiger partial charge is 0.497 e. The smallest absolute Gasteiger partial charge is 0.303 e. The zero-order valence-corrected chi connectivity index (χ0v) is 29.0. The Bertz CT molecular complexity index is 1640. The highest BCUT2D eigenvalue weighted by atomic mass is 16.5. The van der Waals surface area contributed by atoms with E-state index in [1.807, 2.05) is 49.4 Å². The van der Waals surface area contributed by atoms with E-state index in [4.69, 9.17) is 19.2 Å². The first-order valence-corrected chi connectivity index (χ1v) is 17.3. The summed E-state index contributed by atoms with van der Waals surface area (Å²) in [5.41, 5.74) is 4.41. The molecule has 0 spiro atoms. The van der Waals surface area contributed by atoms with Crippen molar-refractivity contribution in [2.45, 2.75) is 72.1 Å². The number of piperidine rings is 1. The standard InChI is InChI=1S/C39H49N3O6/c1-25-7-6-8-35(40-25)42(24-39(2,3)4)38(45)31-12-11-30(46-5)21-33(31)41-16-13-26(14-17-41)23-48-34-20-29(19-28-15-18-47-37(28)34)32(22-36(43)44)27-9-10-27/h6-8,11-12,19-21,26-27,32H,9-10,13-18,22-24H2,1-5H3,(H,43,44). The minimum Gasteiger partial charge on any atom is -0.497 e. The van der Waals surface area contributed by atoms with Crippen LogP contribution in [-0.2, 0) is 11.2 Å². The molecule has 1 aliphatic carbocycles. The summed E-state index contributed by atoms with van der Waals surface area (Å²) in [6.07, 6.45) is 4.94. The molecule has 6 rings (SSSR count). The van der Waals surface area contributed by atoms with Gasteiger partial charge in [-0.05, 0) is 91.7 Å². The van der Waals surface area contributed by atoms with Crippen LogP contribution in [-0.4, -0.2) is 61.9 Å². The van der Waals surface area contributed by atoms with Crippen molar-refractivity contribution in [2.24, 2.45) is 17.3 Å². The van der Waals surface area contributed by atoms with Crippen LogP contribution < -0.4 is 24.0 Å². The number of methoxy groups -OCH3 is 1. The van der Waals surface area contributed by atoms with Crippen LogP contribution in [0.2, 0.25) is 0 Å². The average Bonchev–Trinajstić information content (AvgIpc) is 3.79. The Morgan fingerprint density at radius 2 is 1.85 bits per heavy atom. The quantitative estimate of drug-likeness (QED) is 0.217. The van der Waals surface area contributed by atoms with Crippen molar-refractivity contribution >= 4 is 23.4 Å². The number of fused-ring (bicyclic) bond motifs is 1. The van der Waals surface area contributed by atoms with Crippen molar-refractivity contribution in [3.63, 3.8) is 0 Å². The SMILES string of the molecule is COc1ccc(C(=O)N(CC(C)(C)C)c2cccc(C)n2)c(N2CCC(COc3cc(C(CC(=O)O)C4CC4)cc4c3OCC4)CC2)c1. The van der Waals surface area contributed by atoms with Gasteiger partial charge in [-0.2, -0.15) is 0 Å². The number of ether oxygens (including phenoxy) is 3. The van der Waals surface area contributed by atoms with Crippen LogP contribution in [0.1, 0.15) is 86.0 Å². The van der Waals surface area contributed by atoms with Crippen LogP contribution in [0.3, 0.4) is 0 Å². The monoisotopic (exact) mass is 655 g/mol. The second-order valence-corrected chi connectivity index (χ2v) is 14.9. The molecule has 2 aliphatic heterocycles. The number of aryl methyl sites for hydroxylation is 1. The first kappa shape index (κ1) is 33.6. The molecule has 1 saturated heterocycles. The molecule has 2 aromatic carbocycles. The predicted molar refractivity (Wildman–Crippen MR) is 187 cm³/mol. The van der Waals surface area contributed by atoms with E-state index in [2.05, 4.69) is 31.7 Å². The van der Waals surface area contributed by atoms with E-state index >= 15 is 0 Å². The fraction of sp³-hybridized carbons (Fsp3) is 0.513. The molecule has 9 nitrogen and oxygen atoms in total. The third-order valence-corrected chi connectivity index (χ3v) is 9.68. The Morgan fingerprint density at radius 1 is 1.08 bits per heavy atom. The van der Waals surface area contributed by atoms with Crippen molar-refractivity contribution in [3.8, 4) is 17.2 Å². The Labute approximate surface area is 284 Å².